The molecule has 0 unspecified atom stereocenters. The predicted molar refractivity (Wildman–Crippen MR) is 75.8 cm³/mol. The van der Waals surface area contributed by atoms with Crippen LogP contribution in [0.15, 0.2) is 24.8 Å². The number of alkyl halides is 2. The summed E-state index contributed by atoms with van der Waals surface area (Å²) in [6.45, 7) is 6.13. The molecule has 2 heterocycles. The van der Waals surface area contributed by atoms with Gasteiger partial charge < -0.3 is 5.32 Å². The van der Waals surface area contributed by atoms with E-state index in [2.05, 4.69) is 29.4 Å². The zero-order valence-electron chi connectivity index (χ0n) is 12.3. The summed E-state index contributed by atoms with van der Waals surface area (Å²) in [4.78, 5) is 0. The second-order valence-corrected chi connectivity index (χ2v) is 5.53. The van der Waals surface area contributed by atoms with Crippen molar-refractivity contribution >= 4 is 0 Å². The Bertz CT molecular complexity index is 499. The fourth-order valence-corrected chi connectivity index (χ4v) is 2.06. The summed E-state index contributed by atoms with van der Waals surface area (Å²) < 4.78 is 27.6. The Balaban J connectivity index is 1.76. The van der Waals surface area contributed by atoms with E-state index in [1.165, 1.54) is 4.68 Å². The number of hydrogen-bond acceptors (Lipinski definition) is 3. The van der Waals surface area contributed by atoms with Crippen LogP contribution in [0.25, 0.3) is 0 Å². The van der Waals surface area contributed by atoms with E-state index in [-0.39, 0.29) is 6.54 Å². The molecule has 2 aromatic heterocycles. The molecule has 0 spiro atoms. The van der Waals surface area contributed by atoms with Gasteiger partial charge in [-0.15, -0.1) is 0 Å². The SMILES string of the molecule is CC(C)Cn1cc(CNCc2cnn(CC(F)F)c2)cn1. The Morgan fingerprint density at radius 3 is 2.00 bits per heavy atom. The number of halogens is 2. The minimum atomic E-state index is -2.38. The van der Waals surface area contributed by atoms with E-state index in [0.29, 0.717) is 19.0 Å². The molecule has 2 aromatic rings. The summed E-state index contributed by atoms with van der Waals surface area (Å²) in [6, 6.07) is 0. The first kappa shape index (κ1) is 15.6. The van der Waals surface area contributed by atoms with E-state index >= 15 is 0 Å². The maximum Gasteiger partial charge on any atom is 0.257 e. The topological polar surface area (TPSA) is 47.7 Å². The maximum absolute atomic E-state index is 12.2. The lowest BCUT2D eigenvalue weighted by Crippen LogP contribution is -2.12. The van der Waals surface area contributed by atoms with Gasteiger partial charge in [0.15, 0.2) is 0 Å². The summed E-state index contributed by atoms with van der Waals surface area (Å²) in [5.41, 5.74) is 2.00. The Labute approximate surface area is 123 Å². The van der Waals surface area contributed by atoms with Crippen molar-refractivity contribution in [3.63, 3.8) is 0 Å². The Morgan fingerprint density at radius 2 is 1.52 bits per heavy atom. The van der Waals surface area contributed by atoms with Gasteiger partial charge in [0.1, 0.15) is 6.54 Å². The fourth-order valence-electron chi connectivity index (χ4n) is 2.06. The van der Waals surface area contributed by atoms with Crippen molar-refractivity contribution in [3.05, 3.63) is 35.9 Å². The van der Waals surface area contributed by atoms with Gasteiger partial charge in [0.2, 0.25) is 0 Å². The van der Waals surface area contributed by atoms with Crippen molar-refractivity contribution < 1.29 is 8.78 Å². The largest absolute Gasteiger partial charge is 0.308 e. The molecular formula is C14H21F2N5. The highest BCUT2D eigenvalue weighted by Crippen LogP contribution is 2.04. The van der Waals surface area contributed by atoms with Crippen LogP contribution >= 0.6 is 0 Å². The highest BCUT2D eigenvalue weighted by Gasteiger charge is 2.06. The van der Waals surface area contributed by atoms with Crippen molar-refractivity contribution in [1.29, 1.82) is 0 Å². The van der Waals surface area contributed by atoms with Crippen molar-refractivity contribution in [2.75, 3.05) is 0 Å². The van der Waals surface area contributed by atoms with Crippen LogP contribution in [-0.4, -0.2) is 26.0 Å². The molecule has 2 rings (SSSR count). The minimum Gasteiger partial charge on any atom is -0.308 e. The number of nitrogens with one attached hydrogen (secondary N) is 1. The first-order chi connectivity index (χ1) is 10.0. The van der Waals surface area contributed by atoms with Gasteiger partial charge in [-0.2, -0.15) is 10.2 Å². The van der Waals surface area contributed by atoms with E-state index in [0.717, 1.165) is 17.7 Å². The van der Waals surface area contributed by atoms with Crippen LogP contribution in [-0.2, 0) is 26.2 Å². The van der Waals surface area contributed by atoms with E-state index in [1.54, 1.807) is 12.4 Å². The second-order valence-electron chi connectivity index (χ2n) is 5.53. The summed E-state index contributed by atoms with van der Waals surface area (Å²) in [7, 11) is 0. The molecule has 0 bridgehead atoms. The Morgan fingerprint density at radius 1 is 1.00 bits per heavy atom. The molecule has 0 aliphatic carbocycles. The van der Waals surface area contributed by atoms with Crippen LogP contribution < -0.4 is 5.32 Å². The number of aromatic nitrogens is 4. The quantitative estimate of drug-likeness (QED) is 0.813. The molecule has 5 nitrogen and oxygen atoms in total. The molecule has 0 aliphatic rings. The van der Waals surface area contributed by atoms with Crippen molar-refractivity contribution in [2.45, 2.75) is 46.5 Å². The molecule has 21 heavy (non-hydrogen) atoms. The van der Waals surface area contributed by atoms with Crippen LogP contribution in [0.2, 0.25) is 0 Å². The molecule has 0 amide bonds. The van der Waals surface area contributed by atoms with Gasteiger partial charge in [0, 0.05) is 43.2 Å². The van der Waals surface area contributed by atoms with Crippen LogP contribution in [0.5, 0.6) is 0 Å². The highest BCUT2D eigenvalue weighted by molar-refractivity contribution is 5.06. The van der Waals surface area contributed by atoms with E-state index in [1.807, 2.05) is 17.1 Å². The second kappa shape index (κ2) is 7.31. The molecule has 1 N–H and O–H groups in total. The van der Waals surface area contributed by atoms with E-state index < -0.39 is 6.43 Å². The third-order valence-corrected chi connectivity index (χ3v) is 2.91. The molecule has 0 radical (unpaired) electrons. The molecule has 0 fully saturated rings. The molecule has 0 saturated heterocycles. The molecule has 0 aromatic carbocycles. The van der Waals surface area contributed by atoms with E-state index in [9.17, 15) is 8.78 Å². The molecule has 0 atom stereocenters. The number of nitrogens with zero attached hydrogens (tertiary/aromatic N) is 4. The molecule has 7 heteroatoms. The van der Waals surface area contributed by atoms with Crippen LogP contribution in [0.3, 0.4) is 0 Å². The highest BCUT2D eigenvalue weighted by atomic mass is 19.3. The third kappa shape index (κ3) is 5.26. The molecule has 0 saturated carbocycles. The zero-order chi connectivity index (χ0) is 15.2. The van der Waals surface area contributed by atoms with Crippen molar-refractivity contribution in [1.82, 2.24) is 24.9 Å². The lowest BCUT2D eigenvalue weighted by atomic mass is 10.2. The zero-order valence-corrected chi connectivity index (χ0v) is 12.3. The average Bonchev–Trinajstić information content (AvgIpc) is 2.98. The Hall–Kier alpha value is -1.76. The standard InChI is InChI=1S/C14H21F2N5/c1-11(2)7-20-8-12(5-18-20)3-17-4-13-6-19-21(9-13)10-14(15)16/h5-6,8-9,11,14,17H,3-4,7,10H2,1-2H3. The van der Waals surface area contributed by atoms with Gasteiger partial charge in [-0.25, -0.2) is 8.78 Å². The summed E-state index contributed by atoms with van der Waals surface area (Å²) >= 11 is 0. The summed E-state index contributed by atoms with van der Waals surface area (Å²) in [6.07, 6.45) is 4.74. The number of hydrogen-bond donors (Lipinski definition) is 1. The van der Waals surface area contributed by atoms with E-state index in [4.69, 9.17) is 0 Å². The van der Waals surface area contributed by atoms with Crippen molar-refractivity contribution in [2.24, 2.45) is 5.92 Å². The van der Waals surface area contributed by atoms with Gasteiger partial charge in [-0.1, -0.05) is 13.8 Å². The average molecular weight is 297 g/mol. The molecular weight excluding hydrogens is 276 g/mol. The maximum atomic E-state index is 12.2. The third-order valence-electron chi connectivity index (χ3n) is 2.91. The first-order valence-electron chi connectivity index (χ1n) is 7.04. The smallest absolute Gasteiger partial charge is 0.257 e. The monoisotopic (exact) mass is 297 g/mol. The van der Waals surface area contributed by atoms with Gasteiger partial charge in [-0.3, -0.25) is 9.36 Å². The van der Waals surface area contributed by atoms with Crippen LogP contribution in [0.1, 0.15) is 25.0 Å². The molecule has 116 valence electrons. The van der Waals surface area contributed by atoms with Gasteiger partial charge in [0.05, 0.1) is 12.4 Å². The van der Waals surface area contributed by atoms with Crippen LogP contribution in [0.4, 0.5) is 8.78 Å². The normalized spacial score (nSPS) is 11.7. The van der Waals surface area contributed by atoms with Gasteiger partial charge in [-0.05, 0) is 5.92 Å². The van der Waals surface area contributed by atoms with Gasteiger partial charge >= 0.3 is 0 Å². The Kier molecular flexibility index (Phi) is 5.44. The number of rotatable bonds is 8. The predicted octanol–water partition coefficient (Wildman–Crippen LogP) is 2.29. The summed E-state index contributed by atoms with van der Waals surface area (Å²) in [5, 5.41) is 11.5. The lowest BCUT2D eigenvalue weighted by Gasteiger charge is -2.03. The lowest BCUT2D eigenvalue weighted by molar-refractivity contribution is 0.122. The minimum absolute atomic E-state index is 0.359. The van der Waals surface area contributed by atoms with Gasteiger partial charge in [0.25, 0.3) is 6.43 Å². The fraction of sp³-hybridized carbons (Fsp3) is 0.571. The first-order valence-corrected chi connectivity index (χ1v) is 7.04. The van der Waals surface area contributed by atoms with Crippen LogP contribution in [0, 0.1) is 5.92 Å². The summed E-state index contributed by atoms with van der Waals surface area (Å²) in [5.74, 6) is 0.561. The molecule has 0 aliphatic heterocycles. The van der Waals surface area contributed by atoms with Crippen molar-refractivity contribution in [3.8, 4) is 0 Å².